The van der Waals surface area contributed by atoms with Crippen molar-refractivity contribution in [1.29, 1.82) is 0 Å². The van der Waals surface area contributed by atoms with Gasteiger partial charge >= 0.3 is 0 Å². The van der Waals surface area contributed by atoms with Crippen LogP contribution in [0, 0.1) is 0 Å². The van der Waals surface area contributed by atoms with Crippen molar-refractivity contribution in [1.82, 2.24) is 0 Å². The first-order valence-electron chi connectivity index (χ1n) is 5.19. The van der Waals surface area contributed by atoms with Crippen molar-refractivity contribution in [2.24, 2.45) is 5.73 Å². The third-order valence-corrected chi connectivity index (χ3v) is 3.85. The Morgan fingerprint density at radius 2 is 2.33 bits per heavy atom. The summed E-state index contributed by atoms with van der Waals surface area (Å²) in [4.78, 5) is 3.65. The number of halogens is 1. The zero-order valence-electron chi connectivity index (χ0n) is 8.58. The Morgan fingerprint density at radius 3 is 3.13 bits per heavy atom. The third kappa shape index (κ3) is 2.41. The van der Waals surface area contributed by atoms with Gasteiger partial charge in [0, 0.05) is 23.7 Å². The summed E-state index contributed by atoms with van der Waals surface area (Å²) in [6.07, 6.45) is 1.02. The van der Waals surface area contributed by atoms with Crippen molar-refractivity contribution >= 4 is 29.1 Å². The van der Waals surface area contributed by atoms with Crippen LogP contribution < -0.4 is 10.6 Å². The number of fused-ring (bicyclic) bond motifs is 1. The second kappa shape index (κ2) is 5.10. The Kier molecular flexibility index (Phi) is 3.78. The first-order valence-corrected chi connectivity index (χ1v) is 6.55. The molecule has 2 nitrogen and oxygen atoms in total. The Bertz CT molecular complexity index is 343. The number of hydrogen-bond acceptors (Lipinski definition) is 3. The molecule has 82 valence electrons. The van der Waals surface area contributed by atoms with Crippen LogP contribution in [0.1, 0.15) is 6.42 Å². The highest BCUT2D eigenvalue weighted by molar-refractivity contribution is 7.99. The summed E-state index contributed by atoms with van der Waals surface area (Å²) >= 11 is 8.11. The van der Waals surface area contributed by atoms with E-state index in [2.05, 4.69) is 11.0 Å². The lowest BCUT2D eigenvalue weighted by Crippen LogP contribution is -2.31. The van der Waals surface area contributed by atoms with Crippen molar-refractivity contribution in [2.45, 2.75) is 11.3 Å². The highest BCUT2D eigenvalue weighted by atomic mass is 35.5. The Balaban J connectivity index is 2.24. The van der Waals surface area contributed by atoms with E-state index < -0.39 is 0 Å². The second-order valence-corrected chi connectivity index (χ2v) is 5.11. The van der Waals surface area contributed by atoms with Crippen molar-refractivity contribution < 1.29 is 0 Å². The topological polar surface area (TPSA) is 29.3 Å². The molecule has 0 unspecified atom stereocenters. The van der Waals surface area contributed by atoms with Crippen LogP contribution in [-0.2, 0) is 0 Å². The molecule has 1 heterocycles. The molecule has 0 aliphatic carbocycles. The monoisotopic (exact) mass is 242 g/mol. The quantitative estimate of drug-likeness (QED) is 0.884. The van der Waals surface area contributed by atoms with E-state index in [-0.39, 0.29) is 0 Å². The Labute approximate surface area is 99.8 Å². The average Bonchev–Trinajstić information content (AvgIpc) is 2.26. The van der Waals surface area contributed by atoms with Gasteiger partial charge < -0.3 is 10.6 Å². The summed E-state index contributed by atoms with van der Waals surface area (Å²) in [6, 6.07) is 6.11. The van der Waals surface area contributed by atoms with Gasteiger partial charge in [0.05, 0.1) is 10.7 Å². The number of thioether (sulfide) groups is 1. The second-order valence-electron chi connectivity index (χ2n) is 3.56. The first kappa shape index (κ1) is 11.1. The molecule has 1 aliphatic rings. The van der Waals surface area contributed by atoms with Crippen LogP contribution in [0.2, 0.25) is 5.02 Å². The molecule has 0 aromatic heterocycles. The standard InChI is InChI=1S/C11H15ClN2S/c12-9-3-1-4-10-11(9)14(6-2-5-13)7-8-15-10/h1,3-4H,2,5-8,13H2. The van der Waals surface area contributed by atoms with E-state index in [1.54, 1.807) is 0 Å². The lowest BCUT2D eigenvalue weighted by atomic mass is 10.2. The maximum Gasteiger partial charge on any atom is 0.0694 e. The predicted molar refractivity (Wildman–Crippen MR) is 68.1 cm³/mol. The van der Waals surface area contributed by atoms with E-state index in [0.29, 0.717) is 0 Å². The smallest absolute Gasteiger partial charge is 0.0694 e. The van der Waals surface area contributed by atoms with Crippen molar-refractivity contribution in [3.05, 3.63) is 23.2 Å². The van der Waals surface area contributed by atoms with E-state index in [1.165, 1.54) is 10.6 Å². The number of nitrogens with zero attached hydrogens (tertiary/aromatic N) is 1. The zero-order valence-corrected chi connectivity index (χ0v) is 10.2. The average molecular weight is 243 g/mol. The molecular formula is C11H15ClN2S. The molecule has 2 N–H and O–H groups in total. The Hall–Kier alpha value is -0.380. The number of anilines is 1. The lowest BCUT2D eigenvalue weighted by molar-refractivity contribution is 0.747. The first-order chi connectivity index (χ1) is 7.33. The van der Waals surface area contributed by atoms with Gasteiger partial charge in [-0.15, -0.1) is 11.8 Å². The number of rotatable bonds is 3. The van der Waals surface area contributed by atoms with Crippen LogP contribution in [0.5, 0.6) is 0 Å². The zero-order chi connectivity index (χ0) is 10.7. The van der Waals surface area contributed by atoms with Gasteiger partial charge in [-0.2, -0.15) is 0 Å². The molecule has 0 bridgehead atoms. The van der Waals surface area contributed by atoms with Gasteiger partial charge in [-0.25, -0.2) is 0 Å². The van der Waals surface area contributed by atoms with Gasteiger partial charge in [0.2, 0.25) is 0 Å². The molecular weight excluding hydrogens is 228 g/mol. The maximum absolute atomic E-state index is 6.23. The van der Waals surface area contributed by atoms with Crippen molar-refractivity contribution in [3.8, 4) is 0 Å². The van der Waals surface area contributed by atoms with Crippen LogP contribution in [0.25, 0.3) is 0 Å². The minimum atomic E-state index is 0.740. The van der Waals surface area contributed by atoms with E-state index >= 15 is 0 Å². The van der Waals surface area contributed by atoms with E-state index in [4.69, 9.17) is 17.3 Å². The van der Waals surface area contributed by atoms with Gasteiger partial charge in [-0.3, -0.25) is 0 Å². The minimum absolute atomic E-state index is 0.740. The highest BCUT2D eigenvalue weighted by Gasteiger charge is 2.19. The molecule has 4 heteroatoms. The molecule has 0 atom stereocenters. The van der Waals surface area contributed by atoms with Gasteiger partial charge in [-0.05, 0) is 25.1 Å². The van der Waals surface area contributed by atoms with Gasteiger partial charge in [0.1, 0.15) is 0 Å². The van der Waals surface area contributed by atoms with Crippen LogP contribution in [0.3, 0.4) is 0 Å². The summed E-state index contributed by atoms with van der Waals surface area (Å²) < 4.78 is 0. The Morgan fingerprint density at radius 1 is 1.47 bits per heavy atom. The molecule has 15 heavy (non-hydrogen) atoms. The largest absolute Gasteiger partial charge is 0.369 e. The van der Waals surface area contributed by atoms with Gasteiger partial charge in [0.15, 0.2) is 0 Å². The molecule has 2 rings (SSSR count). The molecule has 0 fully saturated rings. The maximum atomic E-state index is 6.23. The predicted octanol–water partition coefficient (Wildman–Crippen LogP) is 2.60. The summed E-state index contributed by atoms with van der Waals surface area (Å²) in [5.74, 6) is 1.14. The fourth-order valence-corrected chi connectivity index (χ4v) is 3.23. The summed E-state index contributed by atoms with van der Waals surface area (Å²) in [5, 5.41) is 0.858. The van der Waals surface area contributed by atoms with E-state index in [9.17, 15) is 0 Å². The molecule has 0 saturated heterocycles. The van der Waals surface area contributed by atoms with Crippen molar-refractivity contribution in [2.75, 3.05) is 30.3 Å². The molecule has 0 radical (unpaired) electrons. The fourth-order valence-electron chi connectivity index (χ4n) is 1.80. The van der Waals surface area contributed by atoms with Crippen LogP contribution in [0.15, 0.2) is 23.1 Å². The third-order valence-electron chi connectivity index (χ3n) is 2.52. The molecule has 1 aromatic rings. The molecule has 1 aromatic carbocycles. The summed E-state index contributed by atoms with van der Waals surface area (Å²) in [6.45, 7) is 2.82. The fraction of sp³-hybridized carbons (Fsp3) is 0.455. The number of nitrogens with two attached hydrogens (primary N) is 1. The molecule has 0 amide bonds. The molecule has 1 aliphatic heterocycles. The van der Waals surface area contributed by atoms with E-state index in [0.717, 1.165) is 36.8 Å². The SMILES string of the molecule is NCCCN1CCSc2cccc(Cl)c21. The van der Waals surface area contributed by atoms with Crippen molar-refractivity contribution in [3.63, 3.8) is 0 Å². The normalized spacial score (nSPS) is 15.2. The lowest BCUT2D eigenvalue weighted by Gasteiger charge is -2.31. The van der Waals surface area contributed by atoms with Gasteiger partial charge in [0.25, 0.3) is 0 Å². The number of hydrogen-bond donors (Lipinski definition) is 1. The minimum Gasteiger partial charge on any atom is -0.369 e. The number of benzene rings is 1. The van der Waals surface area contributed by atoms with Crippen LogP contribution >= 0.6 is 23.4 Å². The molecule has 0 spiro atoms. The number of para-hydroxylation sites is 1. The van der Waals surface area contributed by atoms with Crippen LogP contribution in [-0.4, -0.2) is 25.4 Å². The van der Waals surface area contributed by atoms with E-state index in [1.807, 2.05) is 23.9 Å². The highest BCUT2D eigenvalue weighted by Crippen LogP contribution is 2.39. The van der Waals surface area contributed by atoms with Gasteiger partial charge in [-0.1, -0.05) is 17.7 Å². The molecule has 0 saturated carbocycles. The summed E-state index contributed by atoms with van der Waals surface area (Å²) in [5.41, 5.74) is 6.74. The van der Waals surface area contributed by atoms with Crippen LogP contribution in [0.4, 0.5) is 5.69 Å². The summed E-state index contributed by atoms with van der Waals surface area (Å²) in [7, 11) is 0.